The third kappa shape index (κ3) is 2.66. The summed E-state index contributed by atoms with van der Waals surface area (Å²) in [5, 5.41) is 0.596. The number of ether oxygens (including phenoxy) is 1. The van der Waals surface area contributed by atoms with Gasteiger partial charge in [0, 0.05) is 0 Å². The quantitative estimate of drug-likeness (QED) is 0.632. The molecule has 0 aliphatic carbocycles. The standard InChI is InChI=1S/C14H19O5P/c1-5-18-20(16)14-10(3)6-9(2)7-11(14)12(19-20)8-13(15)17-4/h6-7,12H,5,8H2,1-4H3. The molecule has 110 valence electrons. The molecule has 1 aromatic carbocycles. The molecule has 6 heteroatoms. The molecule has 0 saturated carbocycles. The predicted octanol–water partition coefficient (Wildman–Crippen LogP) is 2.79. The molecule has 1 aliphatic rings. The van der Waals surface area contributed by atoms with Gasteiger partial charge in [0.2, 0.25) is 0 Å². The van der Waals surface area contributed by atoms with Crippen LogP contribution in [0.15, 0.2) is 12.1 Å². The van der Waals surface area contributed by atoms with Crippen LogP contribution in [0.1, 0.15) is 36.1 Å². The molecule has 2 atom stereocenters. The highest BCUT2D eigenvalue weighted by Crippen LogP contribution is 2.58. The minimum absolute atomic E-state index is 0.0312. The summed E-state index contributed by atoms with van der Waals surface area (Å²) >= 11 is 0. The first-order chi connectivity index (χ1) is 9.41. The maximum Gasteiger partial charge on any atom is 0.362 e. The Morgan fingerprint density at radius 3 is 2.70 bits per heavy atom. The molecule has 0 aromatic heterocycles. The van der Waals surface area contributed by atoms with Crippen LogP contribution in [0.4, 0.5) is 0 Å². The Kier molecular flexibility index (Phi) is 4.33. The predicted molar refractivity (Wildman–Crippen MR) is 75.2 cm³/mol. The van der Waals surface area contributed by atoms with Gasteiger partial charge >= 0.3 is 13.6 Å². The average Bonchev–Trinajstić information content (AvgIpc) is 2.62. The number of methoxy groups -OCH3 is 1. The van der Waals surface area contributed by atoms with Crippen LogP contribution in [0, 0.1) is 13.8 Å². The fraction of sp³-hybridized carbons (Fsp3) is 0.500. The molecule has 0 amide bonds. The highest BCUT2D eigenvalue weighted by Gasteiger charge is 2.44. The van der Waals surface area contributed by atoms with Crippen LogP contribution in [-0.2, 0) is 23.1 Å². The van der Waals surface area contributed by atoms with Crippen molar-refractivity contribution >= 4 is 18.9 Å². The zero-order chi connectivity index (χ0) is 14.9. The molecular formula is C14H19O5P. The molecule has 1 heterocycles. The SMILES string of the molecule is CCOP1(=O)OC(CC(=O)OC)c2cc(C)cc(C)c21. The van der Waals surface area contributed by atoms with Crippen molar-refractivity contribution in [2.75, 3.05) is 13.7 Å². The van der Waals surface area contributed by atoms with Crippen molar-refractivity contribution in [2.45, 2.75) is 33.3 Å². The van der Waals surface area contributed by atoms with E-state index in [1.807, 2.05) is 26.0 Å². The van der Waals surface area contributed by atoms with Gasteiger partial charge in [0.1, 0.15) is 6.10 Å². The minimum atomic E-state index is -3.35. The third-order valence-electron chi connectivity index (χ3n) is 3.24. The molecule has 0 fully saturated rings. The van der Waals surface area contributed by atoms with E-state index in [1.54, 1.807) is 6.92 Å². The molecule has 0 saturated heterocycles. The molecule has 5 nitrogen and oxygen atoms in total. The van der Waals surface area contributed by atoms with Gasteiger partial charge in [-0.15, -0.1) is 0 Å². The Balaban J connectivity index is 2.49. The second kappa shape index (κ2) is 5.68. The molecule has 0 N–H and O–H groups in total. The summed E-state index contributed by atoms with van der Waals surface area (Å²) in [5.41, 5.74) is 2.67. The van der Waals surface area contributed by atoms with Gasteiger partial charge in [0.15, 0.2) is 0 Å². The van der Waals surface area contributed by atoms with Crippen molar-refractivity contribution in [3.05, 3.63) is 28.8 Å². The Morgan fingerprint density at radius 2 is 2.10 bits per heavy atom. The maximum absolute atomic E-state index is 12.9. The van der Waals surface area contributed by atoms with Gasteiger partial charge in [0.05, 0.1) is 25.4 Å². The Labute approximate surface area is 118 Å². The van der Waals surface area contributed by atoms with Gasteiger partial charge in [-0.1, -0.05) is 17.7 Å². The van der Waals surface area contributed by atoms with Crippen LogP contribution < -0.4 is 5.30 Å². The zero-order valence-corrected chi connectivity index (χ0v) is 13.0. The fourth-order valence-corrected chi connectivity index (χ4v) is 4.72. The molecule has 2 rings (SSSR count). The molecular weight excluding hydrogens is 279 g/mol. The van der Waals surface area contributed by atoms with Crippen molar-refractivity contribution in [3.8, 4) is 0 Å². The van der Waals surface area contributed by atoms with Crippen LogP contribution in [0.5, 0.6) is 0 Å². The minimum Gasteiger partial charge on any atom is -0.469 e. The van der Waals surface area contributed by atoms with E-state index in [-0.39, 0.29) is 13.0 Å². The van der Waals surface area contributed by atoms with E-state index in [2.05, 4.69) is 4.74 Å². The van der Waals surface area contributed by atoms with Crippen molar-refractivity contribution in [1.29, 1.82) is 0 Å². The second-order valence-corrected chi connectivity index (χ2v) is 6.72. The maximum atomic E-state index is 12.9. The number of hydrogen-bond donors (Lipinski definition) is 0. The molecule has 0 spiro atoms. The molecule has 20 heavy (non-hydrogen) atoms. The lowest BCUT2D eigenvalue weighted by molar-refractivity contribution is -0.142. The first-order valence-electron chi connectivity index (χ1n) is 6.52. The van der Waals surface area contributed by atoms with Gasteiger partial charge in [-0.25, -0.2) is 0 Å². The average molecular weight is 298 g/mol. The number of fused-ring (bicyclic) bond motifs is 1. The number of carbonyl (C=O) groups is 1. The number of carbonyl (C=O) groups excluding carboxylic acids is 1. The zero-order valence-electron chi connectivity index (χ0n) is 12.1. The van der Waals surface area contributed by atoms with E-state index >= 15 is 0 Å². The lowest BCUT2D eigenvalue weighted by Crippen LogP contribution is -2.12. The van der Waals surface area contributed by atoms with E-state index in [4.69, 9.17) is 9.05 Å². The largest absolute Gasteiger partial charge is 0.469 e. The Hall–Kier alpha value is -1.16. The topological polar surface area (TPSA) is 61.8 Å². The number of benzene rings is 1. The molecule has 1 aliphatic heterocycles. The normalized spacial score (nSPS) is 24.5. The lowest BCUT2D eigenvalue weighted by atomic mass is 10.0. The van der Waals surface area contributed by atoms with Gasteiger partial charge in [-0.05, 0) is 31.9 Å². The van der Waals surface area contributed by atoms with Crippen molar-refractivity contribution in [3.63, 3.8) is 0 Å². The summed E-state index contributed by atoms with van der Waals surface area (Å²) in [5.74, 6) is -0.398. The monoisotopic (exact) mass is 298 g/mol. The van der Waals surface area contributed by atoms with Gasteiger partial charge < -0.3 is 9.26 Å². The number of esters is 1. The molecule has 1 aromatic rings. The first kappa shape index (κ1) is 15.2. The second-order valence-electron chi connectivity index (χ2n) is 4.81. The Bertz CT molecular complexity index is 581. The van der Waals surface area contributed by atoms with E-state index in [9.17, 15) is 9.36 Å². The van der Waals surface area contributed by atoms with Crippen LogP contribution in [0.25, 0.3) is 0 Å². The van der Waals surface area contributed by atoms with E-state index < -0.39 is 19.7 Å². The summed E-state index contributed by atoms with van der Waals surface area (Å²) in [4.78, 5) is 11.5. The highest BCUT2D eigenvalue weighted by atomic mass is 31.2. The van der Waals surface area contributed by atoms with Crippen LogP contribution in [0.2, 0.25) is 0 Å². The van der Waals surface area contributed by atoms with E-state index in [0.29, 0.717) is 5.30 Å². The summed E-state index contributed by atoms with van der Waals surface area (Å²) in [7, 11) is -2.03. The summed E-state index contributed by atoms with van der Waals surface area (Å²) in [6, 6.07) is 3.84. The number of aryl methyl sites for hydroxylation is 2. The summed E-state index contributed by atoms with van der Waals surface area (Å²) in [6.07, 6.45) is -0.544. The van der Waals surface area contributed by atoms with Gasteiger partial charge in [0.25, 0.3) is 0 Å². The van der Waals surface area contributed by atoms with Crippen molar-refractivity contribution < 1.29 is 23.1 Å². The third-order valence-corrected chi connectivity index (χ3v) is 5.53. The van der Waals surface area contributed by atoms with Crippen molar-refractivity contribution in [2.24, 2.45) is 0 Å². The summed E-state index contributed by atoms with van der Waals surface area (Å²) < 4.78 is 28.5. The fourth-order valence-electron chi connectivity index (χ4n) is 2.54. The first-order valence-corrected chi connectivity index (χ1v) is 8.07. The van der Waals surface area contributed by atoms with Crippen LogP contribution >= 0.6 is 7.60 Å². The van der Waals surface area contributed by atoms with E-state index in [1.165, 1.54) is 7.11 Å². The van der Waals surface area contributed by atoms with Crippen molar-refractivity contribution in [1.82, 2.24) is 0 Å². The van der Waals surface area contributed by atoms with E-state index in [0.717, 1.165) is 16.7 Å². The lowest BCUT2D eigenvalue weighted by Gasteiger charge is -2.14. The van der Waals surface area contributed by atoms with Crippen LogP contribution in [0.3, 0.4) is 0 Å². The number of rotatable bonds is 4. The number of hydrogen-bond acceptors (Lipinski definition) is 5. The highest BCUT2D eigenvalue weighted by molar-refractivity contribution is 7.62. The Morgan fingerprint density at radius 1 is 1.40 bits per heavy atom. The molecule has 0 radical (unpaired) electrons. The molecule has 0 bridgehead atoms. The summed E-state index contributed by atoms with van der Waals surface area (Å²) in [6.45, 7) is 5.88. The van der Waals surface area contributed by atoms with Crippen LogP contribution in [-0.4, -0.2) is 19.7 Å². The van der Waals surface area contributed by atoms with Gasteiger partial charge in [-0.2, -0.15) is 0 Å². The van der Waals surface area contributed by atoms with Gasteiger partial charge in [-0.3, -0.25) is 13.9 Å². The smallest absolute Gasteiger partial charge is 0.362 e. The molecule has 2 unspecified atom stereocenters.